The molecule has 1 unspecified atom stereocenters. The number of hydrogen-bond acceptors (Lipinski definition) is 5. The van der Waals surface area contributed by atoms with Gasteiger partial charge in [0.15, 0.2) is 0 Å². The Bertz CT molecular complexity index is 529. The van der Waals surface area contributed by atoms with Gasteiger partial charge >= 0.3 is 0 Å². The average Bonchev–Trinajstić information content (AvgIpc) is 2.26. The fourth-order valence-corrected chi connectivity index (χ4v) is 3.16. The molecule has 108 valence electrons. The summed E-state index contributed by atoms with van der Waals surface area (Å²) in [5, 5.41) is 0. The summed E-state index contributed by atoms with van der Waals surface area (Å²) in [4.78, 5) is 1.98. The van der Waals surface area contributed by atoms with E-state index in [0.717, 1.165) is 0 Å². The molecule has 0 aliphatic heterocycles. The molecular formula is C12H21N3O3S. The van der Waals surface area contributed by atoms with E-state index in [9.17, 15) is 8.42 Å². The second-order valence-corrected chi connectivity index (χ2v) is 6.37. The first-order chi connectivity index (χ1) is 8.76. The number of nitrogens with one attached hydrogen (secondary N) is 1. The van der Waals surface area contributed by atoms with Crippen LogP contribution in [-0.2, 0) is 10.0 Å². The molecule has 19 heavy (non-hydrogen) atoms. The second-order valence-electron chi connectivity index (χ2n) is 4.69. The van der Waals surface area contributed by atoms with Crippen LogP contribution >= 0.6 is 0 Å². The lowest BCUT2D eigenvalue weighted by molar-refractivity contribution is 0.370. The third kappa shape index (κ3) is 4.38. The molecule has 0 aliphatic carbocycles. The van der Waals surface area contributed by atoms with Gasteiger partial charge in [-0.3, -0.25) is 0 Å². The predicted octanol–water partition coefficient (Wildman–Crippen LogP) is 0.506. The standard InChI is InChI=1S/C12H21N3O3S/c1-9(8-15(2)3)14-19(16,17)12-6-5-10(18-4)7-11(12)13/h5-7,9,14H,8,13H2,1-4H3. The maximum atomic E-state index is 12.2. The highest BCUT2D eigenvalue weighted by molar-refractivity contribution is 7.89. The van der Waals surface area contributed by atoms with Crippen molar-refractivity contribution in [2.75, 3.05) is 33.5 Å². The zero-order valence-corrected chi connectivity index (χ0v) is 12.5. The zero-order valence-electron chi connectivity index (χ0n) is 11.7. The summed E-state index contributed by atoms with van der Waals surface area (Å²) in [6, 6.07) is 4.30. The van der Waals surface area contributed by atoms with Crippen LogP contribution in [0.25, 0.3) is 0 Å². The highest BCUT2D eigenvalue weighted by Gasteiger charge is 2.20. The maximum absolute atomic E-state index is 12.2. The number of nitrogens with zero attached hydrogens (tertiary/aromatic N) is 1. The summed E-state index contributed by atoms with van der Waals surface area (Å²) in [5.41, 5.74) is 5.92. The van der Waals surface area contributed by atoms with Crippen molar-refractivity contribution in [3.05, 3.63) is 18.2 Å². The first-order valence-electron chi connectivity index (χ1n) is 5.87. The van der Waals surface area contributed by atoms with Crippen LogP contribution in [-0.4, -0.2) is 47.1 Å². The van der Waals surface area contributed by atoms with Gasteiger partial charge in [0.2, 0.25) is 10.0 Å². The third-order valence-corrected chi connectivity index (χ3v) is 4.17. The van der Waals surface area contributed by atoms with E-state index >= 15 is 0 Å². The molecule has 0 saturated carbocycles. The van der Waals surface area contributed by atoms with Gasteiger partial charge in [-0.2, -0.15) is 0 Å². The molecule has 1 aromatic rings. The second kappa shape index (κ2) is 6.23. The van der Waals surface area contributed by atoms with E-state index in [4.69, 9.17) is 10.5 Å². The smallest absolute Gasteiger partial charge is 0.242 e. The molecule has 3 N–H and O–H groups in total. The largest absolute Gasteiger partial charge is 0.497 e. The minimum atomic E-state index is -3.62. The number of hydrogen-bond donors (Lipinski definition) is 2. The number of benzene rings is 1. The molecule has 0 saturated heterocycles. The number of rotatable bonds is 6. The Balaban J connectivity index is 2.94. The monoisotopic (exact) mass is 287 g/mol. The van der Waals surface area contributed by atoms with Crippen LogP contribution in [0, 0.1) is 0 Å². The molecule has 7 heteroatoms. The molecule has 0 spiro atoms. The maximum Gasteiger partial charge on any atom is 0.242 e. The zero-order chi connectivity index (χ0) is 14.6. The van der Waals surface area contributed by atoms with Crippen molar-refractivity contribution in [1.29, 1.82) is 0 Å². The van der Waals surface area contributed by atoms with Crippen LogP contribution in [0.5, 0.6) is 5.75 Å². The number of anilines is 1. The lowest BCUT2D eigenvalue weighted by atomic mass is 10.3. The molecule has 0 radical (unpaired) electrons. The highest BCUT2D eigenvalue weighted by Crippen LogP contribution is 2.23. The van der Waals surface area contributed by atoms with Gasteiger partial charge in [-0.15, -0.1) is 0 Å². The molecule has 0 aromatic heterocycles. The average molecular weight is 287 g/mol. The van der Waals surface area contributed by atoms with Gasteiger partial charge in [-0.1, -0.05) is 0 Å². The van der Waals surface area contributed by atoms with Crippen LogP contribution in [0.4, 0.5) is 5.69 Å². The molecule has 1 aromatic carbocycles. The Hall–Kier alpha value is -1.31. The minimum absolute atomic E-state index is 0.0684. The van der Waals surface area contributed by atoms with Gasteiger partial charge in [0.1, 0.15) is 10.6 Å². The van der Waals surface area contributed by atoms with Crippen molar-refractivity contribution < 1.29 is 13.2 Å². The Morgan fingerprint density at radius 3 is 2.53 bits per heavy atom. The molecule has 0 heterocycles. The van der Waals surface area contributed by atoms with Gasteiger partial charge < -0.3 is 15.4 Å². The molecule has 0 amide bonds. The van der Waals surface area contributed by atoms with E-state index in [1.165, 1.54) is 19.2 Å². The lowest BCUT2D eigenvalue weighted by Gasteiger charge is -2.19. The van der Waals surface area contributed by atoms with Crippen molar-refractivity contribution in [3.63, 3.8) is 0 Å². The molecular weight excluding hydrogens is 266 g/mol. The van der Waals surface area contributed by atoms with E-state index in [1.807, 2.05) is 19.0 Å². The fraction of sp³-hybridized carbons (Fsp3) is 0.500. The molecule has 1 atom stereocenters. The Kier molecular flexibility index (Phi) is 5.16. The number of methoxy groups -OCH3 is 1. The van der Waals surface area contributed by atoms with E-state index < -0.39 is 10.0 Å². The summed E-state index contributed by atoms with van der Waals surface area (Å²) >= 11 is 0. The summed E-state index contributed by atoms with van der Waals surface area (Å²) in [6.07, 6.45) is 0. The molecule has 6 nitrogen and oxygen atoms in total. The van der Waals surface area contributed by atoms with Crippen LogP contribution in [0.1, 0.15) is 6.92 Å². The molecule has 0 fully saturated rings. The highest BCUT2D eigenvalue weighted by atomic mass is 32.2. The summed E-state index contributed by atoms with van der Waals surface area (Å²) < 4.78 is 32.0. The van der Waals surface area contributed by atoms with Gasteiger partial charge in [0, 0.05) is 18.7 Å². The SMILES string of the molecule is COc1ccc(S(=O)(=O)NC(C)CN(C)C)c(N)c1. The van der Waals surface area contributed by atoms with Gasteiger partial charge in [0.05, 0.1) is 12.8 Å². The Labute approximate surface area is 114 Å². The number of likely N-dealkylation sites (N-methyl/N-ethyl adjacent to an activating group) is 1. The topological polar surface area (TPSA) is 84.7 Å². The van der Waals surface area contributed by atoms with E-state index in [-0.39, 0.29) is 16.6 Å². The number of nitrogen functional groups attached to an aromatic ring is 1. The molecule has 0 aliphatic rings. The van der Waals surface area contributed by atoms with Gasteiger partial charge in [-0.05, 0) is 33.2 Å². The van der Waals surface area contributed by atoms with Crippen molar-refractivity contribution >= 4 is 15.7 Å². The number of nitrogens with two attached hydrogens (primary N) is 1. The summed E-state index contributed by atoms with van der Waals surface area (Å²) in [7, 11) is 1.65. The Morgan fingerprint density at radius 1 is 1.42 bits per heavy atom. The normalized spacial score (nSPS) is 13.5. The molecule has 1 rings (SSSR count). The quantitative estimate of drug-likeness (QED) is 0.745. The van der Waals surface area contributed by atoms with Gasteiger partial charge in [-0.25, -0.2) is 13.1 Å². The minimum Gasteiger partial charge on any atom is -0.497 e. The van der Waals surface area contributed by atoms with Crippen molar-refractivity contribution in [1.82, 2.24) is 9.62 Å². The van der Waals surface area contributed by atoms with Crippen LogP contribution < -0.4 is 15.2 Å². The van der Waals surface area contributed by atoms with Crippen molar-refractivity contribution in [3.8, 4) is 5.75 Å². The van der Waals surface area contributed by atoms with Gasteiger partial charge in [0.25, 0.3) is 0 Å². The predicted molar refractivity (Wildman–Crippen MR) is 75.7 cm³/mol. The Morgan fingerprint density at radius 2 is 2.05 bits per heavy atom. The number of ether oxygens (including phenoxy) is 1. The summed E-state index contributed by atoms with van der Waals surface area (Å²) in [5.74, 6) is 0.526. The number of sulfonamides is 1. The van der Waals surface area contributed by atoms with Crippen LogP contribution in [0.2, 0.25) is 0 Å². The van der Waals surface area contributed by atoms with Crippen molar-refractivity contribution in [2.24, 2.45) is 0 Å². The van der Waals surface area contributed by atoms with Crippen molar-refractivity contribution in [2.45, 2.75) is 17.9 Å². The van der Waals surface area contributed by atoms with E-state index in [1.54, 1.807) is 13.0 Å². The molecule has 0 bridgehead atoms. The van der Waals surface area contributed by atoms with Crippen LogP contribution in [0.3, 0.4) is 0 Å². The van der Waals surface area contributed by atoms with E-state index in [0.29, 0.717) is 12.3 Å². The summed E-state index contributed by atoms with van der Waals surface area (Å²) in [6.45, 7) is 2.41. The lowest BCUT2D eigenvalue weighted by Crippen LogP contribution is -2.39. The third-order valence-electron chi connectivity index (χ3n) is 2.50. The fourth-order valence-electron chi connectivity index (χ4n) is 1.81. The van der Waals surface area contributed by atoms with E-state index in [2.05, 4.69) is 4.72 Å². The first kappa shape index (κ1) is 15.7. The van der Waals surface area contributed by atoms with Crippen LogP contribution in [0.15, 0.2) is 23.1 Å². The first-order valence-corrected chi connectivity index (χ1v) is 7.35.